The molecule has 2 nitrogen and oxygen atoms in total. The van der Waals surface area contributed by atoms with Gasteiger partial charge in [-0.25, -0.2) is 0 Å². The Morgan fingerprint density at radius 3 is 2.02 bits per heavy atom. The van der Waals surface area contributed by atoms with Gasteiger partial charge in [0.25, 0.3) is 0 Å². The Labute approximate surface area is 318 Å². The molecule has 1 saturated carbocycles. The van der Waals surface area contributed by atoms with Crippen LogP contribution in [0.2, 0.25) is 0 Å². The lowest BCUT2D eigenvalue weighted by Crippen LogP contribution is -2.29. The molecule has 2 aliphatic carbocycles. The zero-order valence-electron chi connectivity index (χ0n) is 30.9. The molecule has 1 fully saturated rings. The second-order valence-corrected chi connectivity index (χ2v) is 15.1. The van der Waals surface area contributed by atoms with Gasteiger partial charge in [-0.2, -0.15) is 0 Å². The van der Waals surface area contributed by atoms with Crippen LogP contribution >= 0.6 is 0 Å². The molecule has 2 unspecified atom stereocenters. The number of allylic oxidation sites excluding steroid dienone is 7. The van der Waals surface area contributed by atoms with Crippen molar-refractivity contribution in [1.29, 1.82) is 0 Å². The number of hydrogen-bond donors (Lipinski definition) is 1. The van der Waals surface area contributed by atoms with E-state index in [9.17, 15) is 0 Å². The summed E-state index contributed by atoms with van der Waals surface area (Å²) in [5.74, 6) is 0.178. The minimum Gasteiger partial charge on any atom is -0.378 e. The van der Waals surface area contributed by atoms with Crippen molar-refractivity contribution >= 4 is 27.5 Å². The van der Waals surface area contributed by atoms with Gasteiger partial charge in [0.15, 0.2) is 0 Å². The van der Waals surface area contributed by atoms with Gasteiger partial charge in [0.2, 0.25) is 0 Å². The highest BCUT2D eigenvalue weighted by molar-refractivity contribution is 6.10. The van der Waals surface area contributed by atoms with E-state index in [0.29, 0.717) is 0 Å². The van der Waals surface area contributed by atoms with Crippen LogP contribution < -0.4 is 5.32 Å². The number of nitrogens with one attached hydrogen (secondary N) is 1. The van der Waals surface area contributed by atoms with E-state index in [0.717, 1.165) is 12.1 Å². The average Bonchev–Trinajstić information content (AvgIpc) is 3.68. The molecule has 0 aliphatic heterocycles. The maximum Gasteiger partial charge on any atom is 0.0554 e. The molecule has 0 bridgehead atoms. The van der Waals surface area contributed by atoms with E-state index in [1.807, 2.05) is 12.2 Å². The van der Waals surface area contributed by atoms with Crippen LogP contribution in [0, 0.1) is 5.41 Å². The lowest BCUT2D eigenvalue weighted by molar-refractivity contribution is 0.565. The third-order valence-electron chi connectivity index (χ3n) is 11.5. The van der Waals surface area contributed by atoms with Gasteiger partial charge < -0.3 is 9.88 Å². The molecule has 1 N–H and O–H groups in total. The third kappa shape index (κ3) is 6.04. The van der Waals surface area contributed by atoms with Crippen LogP contribution in [0.25, 0.3) is 49.7 Å². The zero-order valence-corrected chi connectivity index (χ0v) is 30.9. The minimum absolute atomic E-state index is 0.0501. The van der Waals surface area contributed by atoms with Crippen molar-refractivity contribution in [2.45, 2.75) is 32.2 Å². The first-order valence-corrected chi connectivity index (χ1v) is 19.0. The molecule has 2 atom stereocenters. The molecule has 0 saturated heterocycles. The van der Waals surface area contributed by atoms with Crippen molar-refractivity contribution in [2.24, 2.45) is 5.41 Å². The average molecular weight is 697 g/mol. The van der Waals surface area contributed by atoms with Crippen LogP contribution in [0.15, 0.2) is 211 Å². The Kier molecular flexibility index (Phi) is 8.60. The van der Waals surface area contributed by atoms with Crippen molar-refractivity contribution in [3.63, 3.8) is 0 Å². The second-order valence-electron chi connectivity index (χ2n) is 15.1. The van der Waals surface area contributed by atoms with Crippen LogP contribution in [0.4, 0.5) is 5.69 Å². The van der Waals surface area contributed by atoms with Crippen molar-refractivity contribution in [3.05, 3.63) is 217 Å². The summed E-state index contributed by atoms with van der Waals surface area (Å²) in [6.45, 7) is 8.59. The first-order chi connectivity index (χ1) is 26.5. The standard InChI is InChI=1S/C52H44N2/c1-4-5-8-17-42-32-41-34-46(49(35-48(41)52(42,2)3)53-43-29-26-37(27-30-43)36-15-9-6-10-16-36)39-24-22-38(23-25-39)40-28-31-51-47(33-40)45-20-13-14-21-50(45)54(51)44-18-11-7-12-19-44/h4-31,33-35,46,49,53H,1,32H2,2-3H3/b8-5-,42-17+. The molecule has 2 aliphatic rings. The lowest BCUT2D eigenvalue weighted by Gasteiger charge is -2.33. The van der Waals surface area contributed by atoms with Gasteiger partial charge in [-0.1, -0.05) is 172 Å². The Morgan fingerprint density at radius 2 is 1.26 bits per heavy atom. The fourth-order valence-corrected chi connectivity index (χ4v) is 8.60. The number of nitrogens with zero attached hydrogens (tertiary/aromatic N) is 1. The molecule has 1 aromatic heterocycles. The number of aromatic nitrogens is 1. The van der Waals surface area contributed by atoms with Crippen LogP contribution in [0.5, 0.6) is 0 Å². The summed E-state index contributed by atoms with van der Waals surface area (Å²) in [7, 11) is 0. The molecule has 0 amide bonds. The first-order valence-electron chi connectivity index (χ1n) is 19.0. The zero-order chi connectivity index (χ0) is 36.6. The third-order valence-corrected chi connectivity index (χ3v) is 11.5. The highest BCUT2D eigenvalue weighted by Gasteiger charge is 2.40. The topological polar surface area (TPSA) is 17.0 Å². The van der Waals surface area contributed by atoms with Gasteiger partial charge >= 0.3 is 0 Å². The molecule has 0 spiro atoms. The fraction of sp³-hybridized carbons (Fsp3) is 0.115. The highest BCUT2D eigenvalue weighted by Crippen LogP contribution is 2.53. The molecule has 0 radical (unpaired) electrons. The summed E-state index contributed by atoms with van der Waals surface area (Å²) in [6, 6.07) is 55.2. The molecule has 262 valence electrons. The molecule has 6 aromatic carbocycles. The number of para-hydroxylation sites is 2. The van der Waals surface area contributed by atoms with Gasteiger partial charge in [0.05, 0.1) is 17.1 Å². The van der Waals surface area contributed by atoms with E-state index < -0.39 is 0 Å². The first kappa shape index (κ1) is 33.5. The smallest absolute Gasteiger partial charge is 0.0554 e. The molecule has 2 heteroatoms. The summed E-state index contributed by atoms with van der Waals surface area (Å²) in [5, 5.41) is 6.49. The van der Waals surface area contributed by atoms with Gasteiger partial charge in [-0.3, -0.25) is 0 Å². The lowest BCUT2D eigenvalue weighted by atomic mass is 9.76. The SMILES string of the molecule is C=C/C=C\C=C1/CC2=CC(c3ccc(-c4ccc5c(c4)c4ccccc4n5-c4ccccc4)cc3)C(Nc3ccc(-c4ccccc4)cc3)C=C2C1(C)C. The van der Waals surface area contributed by atoms with Crippen molar-refractivity contribution in [3.8, 4) is 27.9 Å². The number of fused-ring (bicyclic) bond motifs is 4. The van der Waals surface area contributed by atoms with Crippen molar-refractivity contribution < 1.29 is 0 Å². The van der Waals surface area contributed by atoms with Crippen LogP contribution in [0.1, 0.15) is 31.7 Å². The predicted octanol–water partition coefficient (Wildman–Crippen LogP) is 13.6. The van der Waals surface area contributed by atoms with E-state index in [2.05, 4.69) is 206 Å². The monoisotopic (exact) mass is 696 g/mol. The summed E-state index contributed by atoms with van der Waals surface area (Å²) in [6.07, 6.45) is 14.3. The summed E-state index contributed by atoms with van der Waals surface area (Å²) in [5.41, 5.74) is 15.2. The highest BCUT2D eigenvalue weighted by atomic mass is 15.0. The van der Waals surface area contributed by atoms with Crippen LogP contribution in [0.3, 0.4) is 0 Å². The Bertz CT molecular complexity index is 2610. The quantitative estimate of drug-likeness (QED) is 0.157. The van der Waals surface area contributed by atoms with Crippen LogP contribution in [-0.4, -0.2) is 10.6 Å². The van der Waals surface area contributed by atoms with Crippen LogP contribution in [-0.2, 0) is 0 Å². The van der Waals surface area contributed by atoms with E-state index in [4.69, 9.17) is 0 Å². The van der Waals surface area contributed by atoms with Gasteiger partial charge in [0.1, 0.15) is 0 Å². The molecular formula is C52H44N2. The molecule has 54 heavy (non-hydrogen) atoms. The van der Waals surface area contributed by atoms with Crippen molar-refractivity contribution in [2.75, 3.05) is 5.32 Å². The largest absolute Gasteiger partial charge is 0.378 e. The Balaban J connectivity index is 1.07. The maximum atomic E-state index is 3.95. The number of benzene rings is 6. The molecule has 9 rings (SSSR count). The summed E-state index contributed by atoms with van der Waals surface area (Å²) >= 11 is 0. The minimum atomic E-state index is -0.0501. The summed E-state index contributed by atoms with van der Waals surface area (Å²) in [4.78, 5) is 0. The Morgan fingerprint density at radius 1 is 0.630 bits per heavy atom. The normalized spacial score (nSPS) is 18.5. The van der Waals surface area contributed by atoms with Gasteiger partial charge in [0, 0.05) is 33.5 Å². The summed E-state index contributed by atoms with van der Waals surface area (Å²) < 4.78 is 2.37. The van der Waals surface area contributed by atoms with Gasteiger partial charge in [-0.15, -0.1) is 0 Å². The molecule has 1 heterocycles. The number of hydrogen-bond acceptors (Lipinski definition) is 1. The Hall–Kier alpha value is -6.38. The molecule has 7 aromatic rings. The van der Waals surface area contributed by atoms with E-state index in [1.165, 1.54) is 72.0 Å². The molecular weight excluding hydrogens is 653 g/mol. The fourth-order valence-electron chi connectivity index (χ4n) is 8.60. The van der Waals surface area contributed by atoms with Gasteiger partial charge in [-0.05, 0) is 87.8 Å². The van der Waals surface area contributed by atoms with E-state index in [1.54, 1.807) is 0 Å². The second kappa shape index (κ2) is 13.9. The van der Waals surface area contributed by atoms with E-state index in [-0.39, 0.29) is 17.4 Å². The maximum absolute atomic E-state index is 3.95. The van der Waals surface area contributed by atoms with E-state index >= 15 is 0 Å². The predicted molar refractivity (Wildman–Crippen MR) is 230 cm³/mol. The number of anilines is 1. The number of rotatable bonds is 8. The van der Waals surface area contributed by atoms with Crippen molar-refractivity contribution in [1.82, 2.24) is 4.57 Å².